The van der Waals surface area contributed by atoms with Crippen LogP contribution >= 0.6 is 11.8 Å². The summed E-state index contributed by atoms with van der Waals surface area (Å²) in [6.07, 6.45) is 1.11. The largest absolute Gasteiger partial charge is 0.465 e. The lowest BCUT2D eigenvalue weighted by atomic mass is 9.99. The van der Waals surface area contributed by atoms with E-state index in [2.05, 4.69) is 6.92 Å². The molecule has 1 fully saturated rings. The number of rotatable bonds is 2. The number of thioether (sulfide) groups is 1. The van der Waals surface area contributed by atoms with Gasteiger partial charge in [0.25, 0.3) is 0 Å². The molecule has 1 heterocycles. The highest BCUT2D eigenvalue weighted by molar-refractivity contribution is 7.99. The van der Waals surface area contributed by atoms with Crippen molar-refractivity contribution in [3.05, 3.63) is 30.3 Å². The molecule has 0 saturated carbocycles. The van der Waals surface area contributed by atoms with Gasteiger partial charge in [-0.05, 0) is 30.9 Å². The van der Waals surface area contributed by atoms with Gasteiger partial charge in [-0.2, -0.15) is 0 Å². The first kappa shape index (κ1) is 12.3. The second kappa shape index (κ2) is 5.45. The number of carbonyl (C=O) groups is 1. The van der Waals surface area contributed by atoms with Gasteiger partial charge in [-0.1, -0.05) is 25.1 Å². The standard InChI is InChI=1S/C13H17NO2S/c1-10-7-8-14(13(15)16)12(9-10)17-11-5-3-2-4-6-11/h2-6,10,12H,7-9H2,1H3,(H,15,16). The van der Waals surface area contributed by atoms with E-state index in [0.29, 0.717) is 12.5 Å². The predicted molar refractivity (Wildman–Crippen MR) is 69.2 cm³/mol. The quantitative estimate of drug-likeness (QED) is 0.874. The van der Waals surface area contributed by atoms with Gasteiger partial charge < -0.3 is 5.11 Å². The summed E-state index contributed by atoms with van der Waals surface area (Å²) in [5, 5.41) is 9.24. The Morgan fingerprint density at radius 1 is 1.41 bits per heavy atom. The highest BCUT2D eigenvalue weighted by atomic mass is 32.2. The van der Waals surface area contributed by atoms with Crippen LogP contribution in [-0.2, 0) is 0 Å². The molecule has 1 N–H and O–H groups in total. The minimum absolute atomic E-state index is 0.0543. The summed E-state index contributed by atoms with van der Waals surface area (Å²) in [4.78, 5) is 13.9. The van der Waals surface area contributed by atoms with Gasteiger partial charge in [0.05, 0.1) is 5.37 Å². The van der Waals surface area contributed by atoms with Gasteiger partial charge in [0.15, 0.2) is 0 Å². The summed E-state index contributed by atoms with van der Waals surface area (Å²) < 4.78 is 0. The van der Waals surface area contributed by atoms with Crippen molar-refractivity contribution in [2.24, 2.45) is 5.92 Å². The molecule has 1 aromatic carbocycles. The summed E-state index contributed by atoms with van der Waals surface area (Å²) in [6.45, 7) is 2.85. The van der Waals surface area contributed by atoms with Crippen LogP contribution in [0.4, 0.5) is 4.79 Å². The molecule has 0 spiro atoms. The first-order valence-electron chi connectivity index (χ1n) is 5.88. The second-order valence-electron chi connectivity index (χ2n) is 4.49. The van der Waals surface area contributed by atoms with Crippen molar-refractivity contribution in [2.75, 3.05) is 6.54 Å². The van der Waals surface area contributed by atoms with E-state index < -0.39 is 6.09 Å². The van der Waals surface area contributed by atoms with Crippen LogP contribution in [0, 0.1) is 5.92 Å². The summed E-state index contributed by atoms with van der Waals surface area (Å²) in [6, 6.07) is 10.0. The van der Waals surface area contributed by atoms with E-state index in [4.69, 9.17) is 0 Å². The molecule has 1 amide bonds. The van der Waals surface area contributed by atoms with Gasteiger partial charge in [0.2, 0.25) is 0 Å². The number of nitrogens with zero attached hydrogens (tertiary/aromatic N) is 1. The zero-order valence-corrected chi connectivity index (χ0v) is 10.7. The molecule has 2 unspecified atom stereocenters. The van der Waals surface area contributed by atoms with Gasteiger partial charge in [-0.3, -0.25) is 4.90 Å². The Hall–Kier alpha value is -1.16. The molecule has 1 aromatic rings. The maximum absolute atomic E-state index is 11.2. The first-order valence-corrected chi connectivity index (χ1v) is 6.76. The van der Waals surface area contributed by atoms with E-state index in [-0.39, 0.29) is 5.37 Å². The van der Waals surface area contributed by atoms with E-state index in [1.54, 1.807) is 16.7 Å². The Morgan fingerprint density at radius 2 is 2.12 bits per heavy atom. The minimum Gasteiger partial charge on any atom is -0.465 e. The topological polar surface area (TPSA) is 40.5 Å². The van der Waals surface area contributed by atoms with Crippen molar-refractivity contribution in [1.82, 2.24) is 4.90 Å². The third-order valence-electron chi connectivity index (χ3n) is 3.08. The van der Waals surface area contributed by atoms with Crippen LogP contribution in [0.1, 0.15) is 19.8 Å². The molecule has 1 aliphatic rings. The zero-order valence-electron chi connectivity index (χ0n) is 9.87. The number of carboxylic acid groups (broad SMARTS) is 1. The van der Waals surface area contributed by atoms with Gasteiger partial charge in [0.1, 0.15) is 0 Å². The fourth-order valence-corrected chi connectivity index (χ4v) is 3.46. The highest BCUT2D eigenvalue weighted by Crippen LogP contribution is 2.34. The lowest BCUT2D eigenvalue weighted by Crippen LogP contribution is -2.43. The Labute approximate surface area is 106 Å². The summed E-state index contributed by atoms with van der Waals surface area (Å²) in [5.74, 6) is 0.604. The SMILES string of the molecule is CC1CCN(C(=O)O)C(Sc2ccccc2)C1. The molecule has 2 atom stereocenters. The van der Waals surface area contributed by atoms with Gasteiger partial charge in [0, 0.05) is 11.4 Å². The molecule has 0 radical (unpaired) electrons. The number of likely N-dealkylation sites (tertiary alicyclic amines) is 1. The molecule has 4 heteroatoms. The van der Waals surface area contributed by atoms with Crippen molar-refractivity contribution in [1.29, 1.82) is 0 Å². The fraction of sp³-hybridized carbons (Fsp3) is 0.462. The van der Waals surface area contributed by atoms with E-state index in [0.717, 1.165) is 17.7 Å². The van der Waals surface area contributed by atoms with Crippen LogP contribution in [0.5, 0.6) is 0 Å². The summed E-state index contributed by atoms with van der Waals surface area (Å²) in [5.41, 5.74) is 0. The van der Waals surface area contributed by atoms with Crippen LogP contribution in [0.3, 0.4) is 0 Å². The van der Waals surface area contributed by atoms with E-state index in [9.17, 15) is 9.90 Å². The van der Waals surface area contributed by atoms with Crippen molar-refractivity contribution in [3.63, 3.8) is 0 Å². The fourth-order valence-electron chi connectivity index (χ4n) is 2.08. The first-order chi connectivity index (χ1) is 8.16. The van der Waals surface area contributed by atoms with Crippen LogP contribution < -0.4 is 0 Å². The zero-order chi connectivity index (χ0) is 12.3. The smallest absolute Gasteiger partial charge is 0.408 e. The van der Waals surface area contributed by atoms with Crippen molar-refractivity contribution >= 4 is 17.9 Å². The Morgan fingerprint density at radius 3 is 2.76 bits per heavy atom. The number of hydrogen-bond acceptors (Lipinski definition) is 2. The highest BCUT2D eigenvalue weighted by Gasteiger charge is 2.30. The molecule has 0 aliphatic carbocycles. The molecule has 17 heavy (non-hydrogen) atoms. The van der Waals surface area contributed by atoms with Crippen LogP contribution in [-0.4, -0.2) is 28.0 Å². The van der Waals surface area contributed by atoms with Crippen molar-refractivity contribution in [2.45, 2.75) is 30.0 Å². The third kappa shape index (κ3) is 3.16. The minimum atomic E-state index is -0.801. The molecule has 1 aliphatic heterocycles. The normalized spacial score (nSPS) is 24.6. The van der Waals surface area contributed by atoms with E-state index in [1.165, 1.54) is 0 Å². The number of hydrogen-bond donors (Lipinski definition) is 1. The molecule has 0 aromatic heterocycles. The van der Waals surface area contributed by atoms with Gasteiger partial charge in [-0.15, -0.1) is 11.8 Å². The third-order valence-corrected chi connectivity index (χ3v) is 4.34. The van der Waals surface area contributed by atoms with Crippen LogP contribution in [0.25, 0.3) is 0 Å². The lowest BCUT2D eigenvalue weighted by Gasteiger charge is -2.36. The number of piperidine rings is 1. The number of benzene rings is 1. The van der Waals surface area contributed by atoms with E-state index >= 15 is 0 Å². The average molecular weight is 251 g/mol. The summed E-state index contributed by atoms with van der Waals surface area (Å²) >= 11 is 1.65. The number of amides is 1. The molecular weight excluding hydrogens is 234 g/mol. The molecule has 2 rings (SSSR count). The average Bonchev–Trinajstić information content (AvgIpc) is 2.30. The van der Waals surface area contributed by atoms with E-state index in [1.807, 2.05) is 30.3 Å². The lowest BCUT2D eigenvalue weighted by molar-refractivity contribution is 0.118. The molecule has 3 nitrogen and oxygen atoms in total. The van der Waals surface area contributed by atoms with Crippen molar-refractivity contribution in [3.8, 4) is 0 Å². The maximum atomic E-state index is 11.2. The predicted octanol–water partition coefficient (Wildman–Crippen LogP) is 3.51. The molecule has 1 saturated heterocycles. The maximum Gasteiger partial charge on any atom is 0.408 e. The van der Waals surface area contributed by atoms with Crippen molar-refractivity contribution < 1.29 is 9.90 Å². The van der Waals surface area contributed by atoms with Gasteiger partial charge in [-0.25, -0.2) is 4.79 Å². The Kier molecular flexibility index (Phi) is 3.94. The molecule has 0 bridgehead atoms. The molecular formula is C13H17NO2S. The Bertz CT molecular complexity index is 382. The molecule has 92 valence electrons. The Balaban J connectivity index is 2.08. The second-order valence-corrected chi connectivity index (χ2v) is 5.74. The summed E-state index contributed by atoms with van der Waals surface area (Å²) in [7, 11) is 0. The monoisotopic (exact) mass is 251 g/mol. The van der Waals surface area contributed by atoms with Crippen LogP contribution in [0.15, 0.2) is 35.2 Å². The van der Waals surface area contributed by atoms with Gasteiger partial charge >= 0.3 is 6.09 Å². The van der Waals surface area contributed by atoms with Crippen LogP contribution in [0.2, 0.25) is 0 Å².